The lowest BCUT2D eigenvalue weighted by atomic mass is 10.2. The fraction of sp³-hybridized carbons (Fsp3) is 0.333. The largest absolute Gasteiger partial charge is 0.374 e. The minimum atomic E-state index is -0.377. The van der Waals surface area contributed by atoms with E-state index in [1.807, 2.05) is 50.2 Å². The second-order valence-corrected chi connectivity index (χ2v) is 6.18. The molecule has 0 bridgehead atoms. The Bertz CT molecular complexity index is 736. The average Bonchev–Trinajstić information content (AvgIpc) is 2.65. The van der Waals surface area contributed by atoms with Gasteiger partial charge in [0.25, 0.3) is 5.91 Å². The van der Waals surface area contributed by atoms with Gasteiger partial charge in [0, 0.05) is 24.5 Å². The quantitative estimate of drug-likeness (QED) is 0.561. The highest BCUT2D eigenvalue weighted by atomic mass is 16.2. The first kappa shape index (κ1) is 19.5. The molecule has 0 unspecified atom stereocenters. The zero-order valence-electron chi connectivity index (χ0n) is 16.0. The fourth-order valence-electron chi connectivity index (χ4n) is 2.66. The molecule has 2 aromatic carbocycles. The van der Waals surface area contributed by atoms with E-state index < -0.39 is 0 Å². The zero-order chi connectivity index (χ0) is 18.9. The van der Waals surface area contributed by atoms with Crippen LogP contribution >= 0.6 is 0 Å². The Balaban J connectivity index is 1.89. The first-order valence-electron chi connectivity index (χ1n) is 9.05. The Morgan fingerprint density at radius 1 is 1.12 bits per heavy atom. The number of hydrogen-bond acceptors (Lipinski definition) is 4. The van der Waals surface area contributed by atoms with Gasteiger partial charge in [-0.1, -0.05) is 30.3 Å². The number of benzene rings is 2. The third-order valence-corrected chi connectivity index (χ3v) is 4.32. The maximum absolute atomic E-state index is 12.2. The van der Waals surface area contributed by atoms with Gasteiger partial charge in [0.05, 0.1) is 6.21 Å². The van der Waals surface area contributed by atoms with Gasteiger partial charge in [-0.25, -0.2) is 5.43 Å². The number of hydrazone groups is 1. The van der Waals surface area contributed by atoms with Crippen molar-refractivity contribution in [3.8, 4) is 0 Å². The third-order valence-electron chi connectivity index (χ3n) is 4.32. The smallest absolute Gasteiger partial charge is 0.262 e. The van der Waals surface area contributed by atoms with Gasteiger partial charge in [0.15, 0.2) is 0 Å². The maximum Gasteiger partial charge on any atom is 0.262 e. The van der Waals surface area contributed by atoms with E-state index in [0.29, 0.717) is 0 Å². The molecule has 0 aliphatic rings. The van der Waals surface area contributed by atoms with Gasteiger partial charge in [-0.3, -0.25) is 4.79 Å². The Morgan fingerprint density at radius 3 is 2.38 bits per heavy atom. The topological polar surface area (TPSA) is 56.7 Å². The Kier molecular flexibility index (Phi) is 7.21. The van der Waals surface area contributed by atoms with Crippen molar-refractivity contribution in [1.82, 2.24) is 5.43 Å². The normalized spacial score (nSPS) is 12.0. The second kappa shape index (κ2) is 9.61. The Hall–Kier alpha value is -2.82. The highest BCUT2D eigenvalue weighted by Crippen LogP contribution is 2.15. The Labute approximate surface area is 156 Å². The van der Waals surface area contributed by atoms with Gasteiger partial charge >= 0.3 is 0 Å². The molecule has 0 heterocycles. The summed E-state index contributed by atoms with van der Waals surface area (Å²) in [5, 5.41) is 7.26. The summed E-state index contributed by atoms with van der Waals surface area (Å²) >= 11 is 0. The predicted molar refractivity (Wildman–Crippen MR) is 110 cm³/mol. The van der Waals surface area contributed by atoms with E-state index in [1.54, 1.807) is 6.21 Å². The van der Waals surface area contributed by atoms with Crippen LogP contribution in [0.5, 0.6) is 0 Å². The van der Waals surface area contributed by atoms with Crippen LogP contribution in [-0.4, -0.2) is 31.3 Å². The van der Waals surface area contributed by atoms with Gasteiger partial charge in [0.1, 0.15) is 6.04 Å². The van der Waals surface area contributed by atoms with Crippen molar-refractivity contribution < 1.29 is 4.79 Å². The lowest BCUT2D eigenvalue weighted by Crippen LogP contribution is -2.35. The van der Waals surface area contributed by atoms with Crippen molar-refractivity contribution in [2.75, 3.05) is 23.3 Å². The number of aryl methyl sites for hydroxylation is 1. The molecule has 0 spiro atoms. The summed E-state index contributed by atoms with van der Waals surface area (Å²) in [6, 6.07) is 15.6. The van der Waals surface area contributed by atoms with Crippen molar-refractivity contribution in [2.45, 2.75) is 33.7 Å². The maximum atomic E-state index is 12.2. The van der Waals surface area contributed by atoms with Crippen LogP contribution in [0.1, 0.15) is 31.9 Å². The molecule has 0 aromatic heterocycles. The highest BCUT2D eigenvalue weighted by molar-refractivity contribution is 5.86. The van der Waals surface area contributed by atoms with Crippen LogP contribution in [0, 0.1) is 6.92 Å². The Morgan fingerprint density at radius 2 is 1.77 bits per heavy atom. The molecule has 0 fully saturated rings. The van der Waals surface area contributed by atoms with Gasteiger partial charge in [-0.05, 0) is 57.0 Å². The van der Waals surface area contributed by atoms with E-state index in [-0.39, 0.29) is 11.9 Å². The van der Waals surface area contributed by atoms with Crippen LogP contribution in [0.25, 0.3) is 0 Å². The van der Waals surface area contributed by atoms with E-state index in [1.165, 1.54) is 5.69 Å². The van der Waals surface area contributed by atoms with E-state index in [9.17, 15) is 4.79 Å². The molecule has 2 aromatic rings. The van der Waals surface area contributed by atoms with Gasteiger partial charge < -0.3 is 10.2 Å². The van der Waals surface area contributed by atoms with E-state index in [4.69, 9.17) is 0 Å². The first-order chi connectivity index (χ1) is 12.5. The van der Waals surface area contributed by atoms with Crippen molar-refractivity contribution in [3.63, 3.8) is 0 Å². The summed E-state index contributed by atoms with van der Waals surface area (Å²) in [5.41, 5.74) is 6.77. The van der Waals surface area contributed by atoms with Crippen molar-refractivity contribution in [3.05, 3.63) is 59.7 Å². The molecule has 2 rings (SSSR count). The number of nitrogens with zero attached hydrogens (tertiary/aromatic N) is 2. The molecule has 0 aliphatic heterocycles. The van der Waals surface area contributed by atoms with Gasteiger partial charge in [0.2, 0.25) is 0 Å². The van der Waals surface area contributed by atoms with Gasteiger partial charge in [-0.15, -0.1) is 0 Å². The molecule has 0 saturated carbocycles. The standard InChI is InChI=1S/C21H28N4O/c1-5-25(6-2)19-13-11-18(12-14-19)15-22-24-21(26)17(4)23-20-10-8-7-9-16(20)3/h7-15,17,23H,5-6H2,1-4H3,(H,24,26)/b22-15-/t17-/m0/s1. The van der Waals surface area contributed by atoms with Crippen molar-refractivity contribution >= 4 is 23.5 Å². The first-order valence-corrected chi connectivity index (χ1v) is 9.05. The van der Waals surface area contributed by atoms with Crippen molar-refractivity contribution in [2.24, 2.45) is 5.10 Å². The number of rotatable bonds is 8. The van der Waals surface area contributed by atoms with Crippen LogP contribution in [0.3, 0.4) is 0 Å². The molecule has 1 amide bonds. The zero-order valence-corrected chi connectivity index (χ0v) is 16.0. The monoisotopic (exact) mass is 352 g/mol. The summed E-state index contributed by atoms with van der Waals surface area (Å²) in [6.07, 6.45) is 1.66. The lowest BCUT2D eigenvalue weighted by Gasteiger charge is -2.20. The van der Waals surface area contributed by atoms with Crippen molar-refractivity contribution in [1.29, 1.82) is 0 Å². The summed E-state index contributed by atoms with van der Waals surface area (Å²) in [7, 11) is 0. The molecule has 0 saturated heterocycles. The molecule has 138 valence electrons. The summed E-state index contributed by atoms with van der Waals surface area (Å²) in [6.45, 7) is 10.1. The molecule has 0 aliphatic carbocycles. The van der Waals surface area contributed by atoms with E-state index in [2.05, 4.69) is 46.7 Å². The molecule has 1 atom stereocenters. The van der Waals surface area contributed by atoms with E-state index in [0.717, 1.165) is 29.9 Å². The number of carbonyl (C=O) groups is 1. The average molecular weight is 352 g/mol. The molecule has 0 radical (unpaired) electrons. The highest BCUT2D eigenvalue weighted by Gasteiger charge is 2.12. The summed E-state index contributed by atoms with van der Waals surface area (Å²) in [4.78, 5) is 14.5. The number of hydrogen-bond donors (Lipinski definition) is 2. The minimum Gasteiger partial charge on any atom is -0.374 e. The van der Waals surface area contributed by atoms with Crippen LogP contribution in [0.15, 0.2) is 53.6 Å². The molecular formula is C21H28N4O. The number of nitrogens with one attached hydrogen (secondary N) is 2. The SMILES string of the molecule is CCN(CC)c1ccc(/C=N\NC(=O)[C@H](C)Nc2ccccc2C)cc1. The van der Waals surface area contributed by atoms with Gasteiger partial charge in [-0.2, -0.15) is 5.10 Å². The third kappa shape index (κ3) is 5.34. The predicted octanol–water partition coefficient (Wildman–Crippen LogP) is 3.79. The van der Waals surface area contributed by atoms with E-state index >= 15 is 0 Å². The summed E-state index contributed by atoms with van der Waals surface area (Å²) < 4.78 is 0. The summed E-state index contributed by atoms with van der Waals surface area (Å²) in [5.74, 6) is -0.177. The van der Waals surface area contributed by atoms with Crippen LogP contribution in [0.4, 0.5) is 11.4 Å². The molecule has 26 heavy (non-hydrogen) atoms. The number of amides is 1. The second-order valence-electron chi connectivity index (χ2n) is 6.18. The van der Waals surface area contributed by atoms with Crippen LogP contribution in [0.2, 0.25) is 0 Å². The molecular weight excluding hydrogens is 324 g/mol. The fourth-order valence-corrected chi connectivity index (χ4v) is 2.66. The minimum absolute atomic E-state index is 0.177. The number of para-hydroxylation sites is 1. The molecule has 5 heteroatoms. The van der Waals surface area contributed by atoms with Crippen LogP contribution < -0.4 is 15.6 Å². The lowest BCUT2D eigenvalue weighted by molar-refractivity contribution is -0.121. The molecule has 5 nitrogen and oxygen atoms in total. The number of anilines is 2. The molecule has 2 N–H and O–H groups in total. The number of carbonyl (C=O) groups excluding carboxylic acids is 1. The van der Waals surface area contributed by atoms with Crippen LogP contribution in [-0.2, 0) is 4.79 Å².